The molecule has 0 spiro atoms. The van der Waals surface area contributed by atoms with Gasteiger partial charge in [-0.25, -0.2) is 9.18 Å². The Morgan fingerprint density at radius 2 is 1.90 bits per heavy atom. The van der Waals surface area contributed by atoms with E-state index in [2.05, 4.69) is 5.32 Å². The molecule has 1 aliphatic rings. The third-order valence-corrected chi connectivity index (χ3v) is 4.98. The average molecular weight is 414 g/mol. The topological polar surface area (TPSA) is 78.9 Å². The van der Waals surface area contributed by atoms with E-state index < -0.39 is 35.5 Å². The first kappa shape index (κ1) is 21.6. The number of benzene rings is 2. The molecule has 0 fully saturated rings. The van der Waals surface area contributed by atoms with Gasteiger partial charge in [0.15, 0.2) is 0 Å². The van der Waals surface area contributed by atoms with Crippen LogP contribution in [0.2, 0.25) is 0 Å². The number of phenolic OH excluding ortho intramolecular Hbond substituents is 1. The van der Waals surface area contributed by atoms with Crippen molar-refractivity contribution in [1.82, 2.24) is 10.2 Å². The van der Waals surface area contributed by atoms with Crippen LogP contribution in [0.1, 0.15) is 50.4 Å². The van der Waals surface area contributed by atoms with E-state index in [0.717, 1.165) is 11.1 Å². The predicted octanol–water partition coefficient (Wildman–Crippen LogP) is 4.07. The van der Waals surface area contributed by atoms with Crippen LogP contribution in [-0.2, 0) is 22.5 Å². The van der Waals surface area contributed by atoms with Crippen molar-refractivity contribution in [2.45, 2.75) is 58.3 Å². The van der Waals surface area contributed by atoms with Crippen LogP contribution in [0.5, 0.6) is 5.75 Å². The van der Waals surface area contributed by atoms with Crippen LogP contribution in [-0.4, -0.2) is 33.6 Å². The fraction of sp³-hybridized carbons (Fsp3) is 0.391. The third kappa shape index (κ3) is 4.90. The lowest BCUT2D eigenvalue weighted by Crippen LogP contribution is -2.54. The molecule has 6 nitrogen and oxygen atoms in total. The van der Waals surface area contributed by atoms with Crippen LogP contribution in [0, 0.1) is 5.82 Å². The molecule has 0 aromatic heterocycles. The standard InChI is InChI=1S/C23H27FN2O4/c1-14(18-7-5-6-8-19(18)24)25-21(28)20-12-15-9-10-17(27)11-16(15)13-26(20)22(29)30-23(2,3)4/h5-11,14,20,27H,12-13H2,1-4H3,(H,25,28)/t14-,20+/m1/s1. The first-order valence-electron chi connectivity index (χ1n) is 9.90. The van der Waals surface area contributed by atoms with E-state index in [-0.39, 0.29) is 18.7 Å². The van der Waals surface area contributed by atoms with Crippen molar-refractivity contribution in [3.63, 3.8) is 0 Å². The van der Waals surface area contributed by atoms with E-state index in [9.17, 15) is 19.1 Å². The zero-order chi connectivity index (χ0) is 22.1. The van der Waals surface area contributed by atoms with Crippen molar-refractivity contribution in [2.75, 3.05) is 0 Å². The second-order valence-corrected chi connectivity index (χ2v) is 8.53. The lowest BCUT2D eigenvalue weighted by atomic mass is 9.93. The van der Waals surface area contributed by atoms with Crippen molar-refractivity contribution in [2.24, 2.45) is 0 Å². The molecule has 2 aromatic carbocycles. The number of nitrogens with zero attached hydrogens (tertiary/aromatic N) is 1. The van der Waals surface area contributed by atoms with Crippen molar-refractivity contribution in [1.29, 1.82) is 0 Å². The molecule has 30 heavy (non-hydrogen) atoms. The lowest BCUT2D eigenvalue weighted by molar-refractivity contribution is -0.127. The molecule has 0 saturated heterocycles. The Morgan fingerprint density at radius 1 is 1.20 bits per heavy atom. The predicted molar refractivity (Wildman–Crippen MR) is 110 cm³/mol. The fourth-order valence-corrected chi connectivity index (χ4v) is 3.53. The summed E-state index contributed by atoms with van der Waals surface area (Å²) in [4.78, 5) is 27.3. The van der Waals surface area contributed by atoms with Gasteiger partial charge in [0.25, 0.3) is 0 Å². The van der Waals surface area contributed by atoms with Crippen LogP contribution in [0.3, 0.4) is 0 Å². The number of halogens is 1. The van der Waals surface area contributed by atoms with Crippen LogP contribution >= 0.6 is 0 Å². The van der Waals surface area contributed by atoms with Gasteiger partial charge in [-0.1, -0.05) is 24.3 Å². The maximum atomic E-state index is 14.1. The molecule has 3 rings (SSSR count). The first-order chi connectivity index (χ1) is 14.0. The van der Waals surface area contributed by atoms with Crippen LogP contribution in [0.4, 0.5) is 9.18 Å². The largest absolute Gasteiger partial charge is 0.508 e. The summed E-state index contributed by atoms with van der Waals surface area (Å²) in [5.41, 5.74) is 1.27. The Balaban J connectivity index is 1.86. The van der Waals surface area contributed by atoms with E-state index >= 15 is 0 Å². The normalized spacial score (nSPS) is 17.1. The van der Waals surface area contributed by atoms with Crippen molar-refractivity contribution in [3.05, 3.63) is 65.0 Å². The Hall–Kier alpha value is -3.09. The molecule has 0 bridgehead atoms. The summed E-state index contributed by atoms with van der Waals surface area (Å²) in [6.07, 6.45) is -0.347. The quantitative estimate of drug-likeness (QED) is 0.794. The van der Waals surface area contributed by atoms with Gasteiger partial charge in [0.1, 0.15) is 23.2 Å². The third-order valence-electron chi connectivity index (χ3n) is 4.98. The van der Waals surface area contributed by atoms with Gasteiger partial charge in [-0.15, -0.1) is 0 Å². The van der Waals surface area contributed by atoms with Crippen molar-refractivity contribution < 1.29 is 23.8 Å². The van der Waals surface area contributed by atoms with Gasteiger partial charge in [0.2, 0.25) is 5.91 Å². The minimum absolute atomic E-state index is 0.0916. The molecule has 7 heteroatoms. The molecule has 1 heterocycles. The number of phenols is 1. The summed E-state index contributed by atoms with van der Waals surface area (Å²) < 4.78 is 19.6. The van der Waals surface area contributed by atoms with Gasteiger partial charge < -0.3 is 15.2 Å². The SMILES string of the molecule is C[C@@H](NC(=O)[C@@H]1Cc2ccc(O)cc2CN1C(=O)OC(C)(C)C)c1ccccc1F. The van der Waals surface area contributed by atoms with E-state index in [1.807, 2.05) is 0 Å². The smallest absolute Gasteiger partial charge is 0.411 e. The lowest BCUT2D eigenvalue weighted by Gasteiger charge is -2.37. The molecular formula is C23H27FN2O4. The molecule has 0 saturated carbocycles. The number of hydrogen-bond acceptors (Lipinski definition) is 4. The van der Waals surface area contributed by atoms with E-state index in [0.29, 0.717) is 5.56 Å². The molecular weight excluding hydrogens is 387 g/mol. The number of carbonyl (C=O) groups is 2. The highest BCUT2D eigenvalue weighted by atomic mass is 19.1. The highest BCUT2D eigenvalue weighted by Gasteiger charge is 2.37. The Labute approximate surface area is 175 Å². The van der Waals surface area contributed by atoms with Gasteiger partial charge >= 0.3 is 6.09 Å². The zero-order valence-electron chi connectivity index (χ0n) is 17.6. The summed E-state index contributed by atoms with van der Waals surface area (Å²) in [7, 11) is 0. The maximum Gasteiger partial charge on any atom is 0.411 e. The van der Waals surface area contributed by atoms with Gasteiger partial charge in [0, 0.05) is 12.0 Å². The minimum atomic E-state index is -0.814. The number of ether oxygens (including phenoxy) is 1. The molecule has 1 aliphatic heterocycles. The maximum absolute atomic E-state index is 14.1. The minimum Gasteiger partial charge on any atom is -0.508 e. The van der Waals surface area contributed by atoms with Gasteiger partial charge in [0.05, 0.1) is 12.6 Å². The number of nitrogens with one attached hydrogen (secondary N) is 1. The van der Waals surface area contributed by atoms with Crippen LogP contribution < -0.4 is 5.32 Å². The summed E-state index contributed by atoms with van der Waals surface area (Å²) in [5, 5.41) is 12.6. The molecule has 2 atom stereocenters. The second-order valence-electron chi connectivity index (χ2n) is 8.53. The van der Waals surface area contributed by atoms with Crippen LogP contribution in [0.25, 0.3) is 0 Å². The fourth-order valence-electron chi connectivity index (χ4n) is 3.53. The summed E-state index contributed by atoms with van der Waals surface area (Å²) in [5.74, 6) is -0.705. The van der Waals surface area contributed by atoms with Crippen molar-refractivity contribution >= 4 is 12.0 Å². The summed E-state index contributed by atoms with van der Waals surface area (Å²) in [6.45, 7) is 7.09. The zero-order valence-corrected chi connectivity index (χ0v) is 17.6. The van der Waals surface area contributed by atoms with E-state index in [4.69, 9.17) is 4.74 Å². The molecule has 0 radical (unpaired) electrons. The van der Waals surface area contributed by atoms with E-state index in [1.165, 1.54) is 11.0 Å². The first-order valence-corrected chi connectivity index (χ1v) is 9.90. The number of rotatable bonds is 3. The molecule has 2 amide bonds. The van der Waals surface area contributed by atoms with Crippen LogP contribution in [0.15, 0.2) is 42.5 Å². The number of fused-ring (bicyclic) bond motifs is 1. The molecule has 160 valence electrons. The second kappa shape index (κ2) is 8.34. The molecule has 0 aliphatic carbocycles. The Bertz CT molecular complexity index is 954. The summed E-state index contributed by atoms with van der Waals surface area (Å²) in [6, 6.07) is 9.76. The number of amides is 2. The summed E-state index contributed by atoms with van der Waals surface area (Å²) >= 11 is 0. The molecule has 2 aromatic rings. The Kier molecular flexibility index (Phi) is 6.01. The highest BCUT2D eigenvalue weighted by Crippen LogP contribution is 2.28. The van der Waals surface area contributed by atoms with Crippen molar-refractivity contribution in [3.8, 4) is 5.75 Å². The number of carbonyl (C=O) groups excluding carboxylic acids is 2. The van der Waals surface area contributed by atoms with E-state index in [1.54, 1.807) is 64.1 Å². The number of aromatic hydroxyl groups is 1. The van der Waals surface area contributed by atoms with Gasteiger partial charge in [-0.05, 0) is 57.0 Å². The average Bonchev–Trinajstić information content (AvgIpc) is 2.65. The van der Waals surface area contributed by atoms with Gasteiger partial charge in [-0.3, -0.25) is 9.69 Å². The number of hydrogen-bond donors (Lipinski definition) is 2. The highest BCUT2D eigenvalue weighted by molar-refractivity contribution is 5.87. The molecule has 0 unspecified atom stereocenters. The monoisotopic (exact) mass is 414 g/mol. The Morgan fingerprint density at radius 3 is 2.57 bits per heavy atom. The molecule has 2 N–H and O–H groups in total. The van der Waals surface area contributed by atoms with Gasteiger partial charge in [-0.2, -0.15) is 0 Å².